The molecule has 0 saturated carbocycles. The summed E-state index contributed by atoms with van der Waals surface area (Å²) in [6.07, 6.45) is 3.85. The number of ether oxygens (including phenoxy) is 1. The number of carbonyl (C=O) groups excluding carboxylic acids is 3. The molecule has 36 heavy (non-hydrogen) atoms. The number of hydrogen-bond donors (Lipinski definition) is 1. The third-order valence-electron chi connectivity index (χ3n) is 5.95. The first-order chi connectivity index (χ1) is 17.3. The summed E-state index contributed by atoms with van der Waals surface area (Å²) in [6, 6.07) is 13.2. The van der Waals surface area contributed by atoms with Gasteiger partial charge in [0, 0.05) is 22.8 Å². The van der Waals surface area contributed by atoms with Crippen molar-refractivity contribution in [3.05, 3.63) is 97.6 Å². The van der Waals surface area contributed by atoms with E-state index in [0.717, 1.165) is 31.7 Å². The summed E-state index contributed by atoms with van der Waals surface area (Å²) in [6.45, 7) is 2.42. The number of nitrogens with zero attached hydrogens (tertiary/aromatic N) is 1. The summed E-state index contributed by atoms with van der Waals surface area (Å²) >= 11 is 6.26. The molecule has 0 bridgehead atoms. The van der Waals surface area contributed by atoms with Gasteiger partial charge in [0.25, 0.3) is 5.91 Å². The summed E-state index contributed by atoms with van der Waals surface area (Å²) in [5.74, 6) is -1.47. The quantitative estimate of drug-likeness (QED) is 0.163. The average Bonchev–Trinajstić information content (AvgIpc) is 2.88. The van der Waals surface area contributed by atoms with Crippen molar-refractivity contribution in [2.75, 3.05) is 11.9 Å². The highest BCUT2D eigenvalue weighted by Gasteiger charge is 2.34. The monoisotopic (exact) mass is 506 g/mol. The molecule has 0 aromatic heterocycles. The molecule has 0 atom stereocenters. The first-order valence-electron chi connectivity index (χ1n) is 11.6. The van der Waals surface area contributed by atoms with Crippen LogP contribution in [0.3, 0.4) is 0 Å². The van der Waals surface area contributed by atoms with Crippen LogP contribution in [-0.2, 0) is 0 Å². The van der Waals surface area contributed by atoms with Gasteiger partial charge < -0.3 is 10.1 Å². The number of hydrogen-bond acceptors (Lipinski definition) is 6. The Hall–Kier alpha value is -4.04. The fraction of sp³-hybridized carbons (Fsp3) is 0.222. The van der Waals surface area contributed by atoms with Gasteiger partial charge in [-0.3, -0.25) is 24.5 Å². The molecular formula is C27H23ClN2O6. The molecule has 9 heteroatoms. The van der Waals surface area contributed by atoms with Gasteiger partial charge in [0.05, 0.1) is 33.4 Å². The van der Waals surface area contributed by atoms with E-state index in [1.165, 1.54) is 30.3 Å². The van der Waals surface area contributed by atoms with Crippen molar-refractivity contribution in [3.8, 4) is 5.75 Å². The number of nitrogens with one attached hydrogen (secondary N) is 1. The van der Waals surface area contributed by atoms with Crippen LogP contribution in [0.2, 0.25) is 5.02 Å². The summed E-state index contributed by atoms with van der Waals surface area (Å²) in [5, 5.41) is 14.3. The zero-order valence-corrected chi connectivity index (χ0v) is 20.3. The van der Waals surface area contributed by atoms with E-state index in [1.807, 2.05) is 0 Å². The van der Waals surface area contributed by atoms with Crippen molar-refractivity contribution in [2.45, 2.75) is 32.6 Å². The van der Waals surface area contributed by atoms with E-state index in [2.05, 4.69) is 12.2 Å². The van der Waals surface area contributed by atoms with Crippen molar-refractivity contribution in [3.63, 3.8) is 0 Å². The third-order valence-corrected chi connectivity index (χ3v) is 6.26. The Bertz CT molecular complexity index is 1380. The molecule has 1 aliphatic carbocycles. The number of unbranched alkanes of at least 4 members (excludes halogenated alkanes) is 3. The highest BCUT2D eigenvalue weighted by Crippen LogP contribution is 2.36. The molecule has 0 spiro atoms. The lowest BCUT2D eigenvalue weighted by molar-refractivity contribution is -0.385. The fourth-order valence-electron chi connectivity index (χ4n) is 4.12. The minimum atomic E-state index is -0.684. The number of amides is 1. The molecular weight excluding hydrogens is 484 g/mol. The Morgan fingerprint density at radius 1 is 0.972 bits per heavy atom. The van der Waals surface area contributed by atoms with Crippen LogP contribution in [0.1, 0.15) is 74.8 Å². The molecule has 3 aromatic rings. The summed E-state index contributed by atoms with van der Waals surface area (Å²) in [5.41, 5.74) is 0.198. The lowest BCUT2D eigenvalue weighted by Crippen LogP contribution is -2.24. The first kappa shape index (κ1) is 25.1. The number of ketones is 2. The maximum absolute atomic E-state index is 13.2. The van der Waals surface area contributed by atoms with Crippen LogP contribution in [0.25, 0.3) is 0 Å². The number of halogens is 1. The molecule has 4 rings (SSSR count). The van der Waals surface area contributed by atoms with E-state index in [4.69, 9.17) is 16.3 Å². The van der Waals surface area contributed by atoms with Gasteiger partial charge in [-0.1, -0.05) is 62.1 Å². The molecule has 1 N–H and O–H groups in total. The molecule has 8 nitrogen and oxygen atoms in total. The standard InChI is InChI=1S/C27H23ClN2O6/c1-2-3-4-7-14-36-22-13-10-16(15-21(22)30(34)35)27(33)29-20-12-11-19(28)23-24(20)26(32)18-9-6-5-8-17(18)25(23)31/h5-6,8-13,15H,2-4,7,14H2,1H3,(H,29,33). The van der Waals surface area contributed by atoms with Crippen molar-refractivity contribution in [2.24, 2.45) is 0 Å². The number of carbonyl (C=O) groups is 3. The first-order valence-corrected chi connectivity index (χ1v) is 11.9. The van der Waals surface area contributed by atoms with Crippen molar-refractivity contribution in [1.29, 1.82) is 0 Å². The van der Waals surface area contributed by atoms with E-state index in [1.54, 1.807) is 18.2 Å². The molecule has 0 fully saturated rings. The maximum atomic E-state index is 13.2. The maximum Gasteiger partial charge on any atom is 0.311 e. The predicted molar refractivity (Wildman–Crippen MR) is 135 cm³/mol. The van der Waals surface area contributed by atoms with E-state index in [9.17, 15) is 24.5 Å². The molecule has 0 aliphatic heterocycles. The van der Waals surface area contributed by atoms with Crippen LogP contribution in [-0.4, -0.2) is 29.0 Å². The van der Waals surface area contributed by atoms with Crippen molar-refractivity contribution >= 4 is 40.4 Å². The smallest absolute Gasteiger partial charge is 0.311 e. The van der Waals surface area contributed by atoms with Crippen LogP contribution in [0.5, 0.6) is 5.75 Å². The SMILES string of the molecule is CCCCCCOc1ccc(C(=O)Nc2ccc(Cl)c3c2C(=O)c2ccccc2C3=O)cc1[N+](=O)[O-]. The number of fused-ring (bicyclic) bond motifs is 2. The Labute approximate surface area is 212 Å². The van der Waals surface area contributed by atoms with Gasteiger partial charge in [0.1, 0.15) is 0 Å². The molecule has 0 unspecified atom stereocenters. The second-order valence-corrected chi connectivity index (χ2v) is 8.76. The summed E-state index contributed by atoms with van der Waals surface area (Å²) in [4.78, 5) is 50.3. The van der Waals surface area contributed by atoms with Gasteiger partial charge >= 0.3 is 5.69 Å². The molecule has 1 amide bonds. The van der Waals surface area contributed by atoms with Crippen LogP contribution in [0.4, 0.5) is 11.4 Å². The number of anilines is 1. The van der Waals surface area contributed by atoms with E-state index < -0.39 is 22.4 Å². The largest absolute Gasteiger partial charge is 0.487 e. The van der Waals surface area contributed by atoms with Crippen LogP contribution in [0, 0.1) is 10.1 Å². The summed E-state index contributed by atoms with van der Waals surface area (Å²) in [7, 11) is 0. The lowest BCUT2D eigenvalue weighted by Gasteiger charge is -2.21. The van der Waals surface area contributed by atoms with Gasteiger partial charge in [0.2, 0.25) is 0 Å². The average molecular weight is 507 g/mol. The number of benzene rings is 3. The normalized spacial score (nSPS) is 12.1. The van der Waals surface area contributed by atoms with E-state index in [0.29, 0.717) is 6.61 Å². The molecule has 0 saturated heterocycles. The Morgan fingerprint density at radius 2 is 1.67 bits per heavy atom. The fourth-order valence-corrected chi connectivity index (χ4v) is 4.36. The van der Waals surface area contributed by atoms with Gasteiger partial charge in [-0.2, -0.15) is 0 Å². The van der Waals surface area contributed by atoms with Gasteiger partial charge in [0.15, 0.2) is 17.3 Å². The topological polar surface area (TPSA) is 116 Å². The number of rotatable bonds is 9. The zero-order valence-electron chi connectivity index (χ0n) is 19.5. The third kappa shape index (κ3) is 4.85. The minimum Gasteiger partial charge on any atom is -0.487 e. The molecule has 0 heterocycles. The lowest BCUT2D eigenvalue weighted by atomic mass is 9.83. The van der Waals surface area contributed by atoms with Gasteiger partial charge in [-0.05, 0) is 30.7 Å². The van der Waals surface area contributed by atoms with Crippen molar-refractivity contribution in [1.82, 2.24) is 0 Å². The zero-order chi connectivity index (χ0) is 25.8. The number of nitro groups is 1. The second-order valence-electron chi connectivity index (χ2n) is 8.35. The van der Waals surface area contributed by atoms with E-state index >= 15 is 0 Å². The Kier molecular flexibility index (Phi) is 7.45. The highest BCUT2D eigenvalue weighted by molar-refractivity contribution is 6.40. The molecule has 3 aromatic carbocycles. The van der Waals surface area contributed by atoms with Crippen LogP contribution in [0.15, 0.2) is 54.6 Å². The van der Waals surface area contributed by atoms with Crippen LogP contribution < -0.4 is 10.1 Å². The van der Waals surface area contributed by atoms with Gasteiger partial charge in [-0.15, -0.1) is 0 Å². The van der Waals surface area contributed by atoms with Gasteiger partial charge in [-0.25, -0.2) is 0 Å². The summed E-state index contributed by atoms with van der Waals surface area (Å²) < 4.78 is 5.57. The highest BCUT2D eigenvalue weighted by atomic mass is 35.5. The molecule has 0 radical (unpaired) electrons. The molecule has 184 valence electrons. The van der Waals surface area contributed by atoms with E-state index in [-0.39, 0.29) is 50.0 Å². The predicted octanol–water partition coefficient (Wildman–Crippen LogP) is 6.24. The minimum absolute atomic E-state index is 0.00119. The number of nitro benzene ring substituents is 1. The van der Waals surface area contributed by atoms with Crippen molar-refractivity contribution < 1.29 is 24.0 Å². The second kappa shape index (κ2) is 10.7. The Morgan fingerprint density at radius 3 is 2.33 bits per heavy atom. The van der Waals surface area contributed by atoms with Crippen LogP contribution >= 0.6 is 11.6 Å². The molecule has 1 aliphatic rings. The Balaban J connectivity index is 1.61.